The standard InChI is InChI=1S/C9H5FO3S/c10-14-5-1-2-8-6(3-5)7(11)4-9(12)13-8/h1-4,11H. The maximum absolute atomic E-state index is 12.2. The van der Waals surface area contributed by atoms with Gasteiger partial charge in [0.2, 0.25) is 0 Å². The molecule has 1 N–H and O–H groups in total. The second-order valence-corrected chi connectivity index (χ2v) is 3.31. The van der Waals surface area contributed by atoms with Crippen molar-refractivity contribution in [3.63, 3.8) is 0 Å². The maximum Gasteiger partial charge on any atom is 0.339 e. The van der Waals surface area contributed by atoms with E-state index in [4.69, 9.17) is 4.42 Å². The lowest BCUT2D eigenvalue weighted by Crippen LogP contribution is -1.95. The van der Waals surface area contributed by atoms with Crippen molar-refractivity contribution in [2.24, 2.45) is 0 Å². The zero-order valence-corrected chi connectivity index (χ0v) is 7.68. The number of fused-ring (bicyclic) bond motifs is 1. The van der Waals surface area contributed by atoms with Crippen LogP contribution in [-0.2, 0) is 0 Å². The molecule has 0 radical (unpaired) electrons. The number of hydrogen-bond donors (Lipinski definition) is 1. The highest BCUT2D eigenvalue weighted by Gasteiger charge is 2.05. The van der Waals surface area contributed by atoms with Gasteiger partial charge in [-0.15, -0.1) is 0 Å². The largest absolute Gasteiger partial charge is 0.507 e. The molecule has 0 unspecified atom stereocenters. The van der Waals surface area contributed by atoms with Crippen molar-refractivity contribution < 1.29 is 13.4 Å². The molecule has 0 aliphatic rings. The van der Waals surface area contributed by atoms with Gasteiger partial charge in [-0.05, 0) is 18.2 Å². The van der Waals surface area contributed by atoms with Gasteiger partial charge in [-0.1, -0.05) is 0 Å². The predicted octanol–water partition coefficient (Wildman–Crippen LogP) is 2.48. The zero-order chi connectivity index (χ0) is 10.1. The van der Waals surface area contributed by atoms with E-state index in [2.05, 4.69) is 0 Å². The number of benzene rings is 1. The fourth-order valence-corrected chi connectivity index (χ4v) is 1.46. The highest BCUT2D eigenvalue weighted by atomic mass is 32.2. The van der Waals surface area contributed by atoms with Crippen molar-refractivity contribution >= 4 is 23.1 Å². The van der Waals surface area contributed by atoms with Gasteiger partial charge in [-0.2, -0.15) is 3.89 Å². The van der Waals surface area contributed by atoms with Gasteiger partial charge >= 0.3 is 5.63 Å². The summed E-state index contributed by atoms with van der Waals surface area (Å²) in [5.74, 6) is -0.202. The molecule has 1 aromatic carbocycles. The fourth-order valence-electron chi connectivity index (χ4n) is 1.17. The van der Waals surface area contributed by atoms with Gasteiger partial charge in [-0.3, -0.25) is 0 Å². The molecular formula is C9H5FO3S. The van der Waals surface area contributed by atoms with Gasteiger partial charge in [0.15, 0.2) is 0 Å². The quantitative estimate of drug-likeness (QED) is 0.738. The van der Waals surface area contributed by atoms with E-state index in [0.29, 0.717) is 10.3 Å². The molecule has 1 aromatic heterocycles. The molecule has 0 saturated heterocycles. The summed E-state index contributed by atoms with van der Waals surface area (Å²) in [6.07, 6.45) is 0. The molecule has 3 nitrogen and oxygen atoms in total. The minimum Gasteiger partial charge on any atom is -0.507 e. The Bertz CT molecular complexity index is 535. The van der Waals surface area contributed by atoms with Crippen LogP contribution in [0.5, 0.6) is 5.75 Å². The predicted molar refractivity (Wildman–Crippen MR) is 51.1 cm³/mol. The van der Waals surface area contributed by atoms with Crippen LogP contribution >= 0.6 is 12.1 Å². The first-order valence-electron chi connectivity index (χ1n) is 3.76. The van der Waals surface area contributed by atoms with Crippen LogP contribution in [0.4, 0.5) is 3.89 Å². The molecule has 0 aliphatic heterocycles. The summed E-state index contributed by atoms with van der Waals surface area (Å²) in [5.41, 5.74) is -0.386. The normalized spacial score (nSPS) is 10.6. The fraction of sp³-hybridized carbons (Fsp3) is 0. The van der Waals surface area contributed by atoms with Crippen molar-refractivity contribution in [2.75, 3.05) is 0 Å². The van der Waals surface area contributed by atoms with Crippen molar-refractivity contribution in [2.45, 2.75) is 4.90 Å². The highest BCUT2D eigenvalue weighted by Crippen LogP contribution is 2.28. The topological polar surface area (TPSA) is 50.4 Å². The zero-order valence-electron chi connectivity index (χ0n) is 6.86. The molecule has 2 rings (SSSR count). The Balaban J connectivity index is 2.82. The Morgan fingerprint density at radius 2 is 2.14 bits per heavy atom. The Kier molecular flexibility index (Phi) is 2.17. The van der Waals surface area contributed by atoms with E-state index in [-0.39, 0.29) is 23.5 Å². The summed E-state index contributed by atoms with van der Waals surface area (Å²) >= 11 is 0.0656. The van der Waals surface area contributed by atoms with Crippen LogP contribution in [0.3, 0.4) is 0 Å². The monoisotopic (exact) mass is 212 g/mol. The maximum atomic E-state index is 12.2. The lowest BCUT2D eigenvalue weighted by atomic mass is 10.2. The van der Waals surface area contributed by atoms with Crippen LogP contribution in [0.1, 0.15) is 0 Å². The molecule has 0 amide bonds. The third-order valence-electron chi connectivity index (χ3n) is 1.78. The minimum absolute atomic E-state index is 0.0656. The van der Waals surface area contributed by atoms with E-state index < -0.39 is 5.63 Å². The van der Waals surface area contributed by atoms with Crippen LogP contribution in [0, 0.1) is 0 Å². The first kappa shape index (κ1) is 9.08. The Labute approximate surface area is 82.5 Å². The van der Waals surface area contributed by atoms with E-state index >= 15 is 0 Å². The van der Waals surface area contributed by atoms with Crippen LogP contribution in [0.2, 0.25) is 0 Å². The molecule has 0 saturated carbocycles. The number of aromatic hydroxyl groups is 1. The number of rotatable bonds is 1. The molecule has 0 bridgehead atoms. The van der Waals surface area contributed by atoms with Crippen molar-refractivity contribution in [1.29, 1.82) is 0 Å². The smallest absolute Gasteiger partial charge is 0.339 e. The van der Waals surface area contributed by atoms with Crippen LogP contribution in [-0.4, -0.2) is 5.11 Å². The molecular weight excluding hydrogens is 207 g/mol. The third-order valence-corrected chi connectivity index (χ3v) is 2.21. The van der Waals surface area contributed by atoms with Crippen molar-refractivity contribution in [1.82, 2.24) is 0 Å². The lowest BCUT2D eigenvalue weighted by molar-refractivity contribution is 0.468. The third kappa shape index (κ3) is 1.46. The van der Waals surface area contributed by atoms with E-state index in [1.54, 1.807) is 0 Å². The summed E-state index contributed by atoms with van der Waals surface area (Å²) in [6.45, 7) is 0. The van der Waals surface area contributed by atoms with Gasteiger partial charge in [0, 0.05) is 4.90 Å². The van der Waals surface area contributed by atoms with Gasteiger partial charge < -0.3 is 9.52 Å². The van der Waals surface area contributed by atoms with Gasteiger partial charge in [-0.25, -0.2) is 4.79 Å². The first-order valence-corrected chi connectivity index (χ1v) is 4.48. The second-order valence-electron chi connectivity index (χ2n) is 2.69. The van der Waals surface area contributed by atoms with Gasteiger partial charge in [0.1, 0.15) is 11.3 Å². The molecule has 0 aliphatic carbocycles. The van der Waals surface area contributed by atoms with Gasteiger partial charge in [0.25, 0.3) is 0 Å². The van der Waals surface area contributed by atoms with Gasteiger partial charge in [0.05, 0.1) is 23.6 Å². The average Bonchev–Trinajstić information content (AvgIpc) is 2.17. The summed E-state index contributed by atoms with van der Waals surface area (Å²) in [6, 6.07) is 5.28. The molecule has 14 heavy (non-hydrogen) atoms. The molecule has 5 heteroatoms. The molecule has 1 heterocycles. The van der Waals surface area contributed by atoms with Crippen LogP contribution in [0.15, 0.2) is 38.4 Å². The summed E-state index contributed by atoms with van der Waals surface area (Å²) in [5, 5.41) is 9.71. The molecule has 0 atom stereocenters. The Morgan fingerprint density at radius 1 is 1.36 bits per heavy atom. The number of halogens is 1. The SMILES string of the molecule is O=c1cc(O)c2cc(SF)ccc2o1. The summed E-state index contributed by atoms with van der Waals surface area (Å²) in [7, 11) is 0. The van der Waals surface area contributed by atoms with E-state index in [9.17, 15) is 13.8 Å². The van der Waals surface area contributed by atoms with Crippen LogP contribution < -0.4 is 5.63 Å². The first-order chi connectivity index (χ1) is 6.70. The molecule has 0 fully saturated rings. The second kappa shape index (κ2) is 3.34. The Morgan fingerprint density at radius 3 is 2.86 bits per heavy atom. The Hall–Kier alpha value is -1.49. The minimum atomic E-state index is -0.629. The lowest BCUT2D eigenvalue weighted by Gasteiger charge is -1.99. The van der Waals surface area contributed by atoms with Crippen LogP contribution in [0.25, 0.3) is 11.0 Å². The summed E-state index contributed by atoms with van der Waals surface area (Å²) < 4.78 is 17.0. The molecule has 2 aromatic rings. The number of hydrogen-bond acceptors (Lipinski definition) is 4. The average molecular weight is 212 g/mol. The molecule has 72 valence electrons. The van der Waals surface area contributed by atoms with E-state index in [1.807, 2.05) is 0 Å². The van der Waals surface area contributed by atoms with E-state index in [0.717, 1.165) is 6.07 Å². The van der Waals surface area contributed by atoms with E-state index in [1.165, 1.54) is 18.2 Å². The molecule has 0 spiro atoms. The van der Waals surface area contributed by atoms with Crippen molar-refractivity contribution in [3.8, 4) is 5.75 Å². The highest BCUT2D eigenvalue weighted by molar-refractivity contribution is 7.94. The van der Waals surface area contributed by atoms with Crippen molar-refractivity contribution in [3.05, 3.63) is 34.7 Å². The summed E-state index contributed by atoms with van der Waals surface area (Å²) in [4.78, 5) is 11.2.